The molecule has 20 heavy (non-hydrogen) atoms. The molecule has 1 heteroatoms. The molecule has 0 aromatic heterocycles. The third kappa shape index (κ3) is 1.80. The molecule has 2 aromatic rings. The molecule has 0 spiro atoms. The van der Waals surface area contributed by atoms with Crippen LogP contribution >= 0.6 is 0 Å². The van der Waals surface area contributed by atoms with Crippen molar-refractivity contribution in [3.05, 3.63) is 47.0 Å². The van der Waals surface area contributed by atoms with Crippen LogP contribution in [-0.4, -0.2) is 5.78 Å². The lowest BCUT2D eigenvalue weighted by Crippen LogP contribution is -2.19. The van der Waals surface area contributed by atoms with Crippen LogP contribution in [0, 0.1) is 5.92 Å². The smallest absolute Gasteiger partial charge is 0.166 e. The van der Waals surface area contributed by atoms with Crippen LogP contribution in [0.25, 0.3) is 10.8 Å². The van der Waals surface area contributed by atoms with E-state index in [0.717, 1.165) is 31.2 Å². The molecule has 0 bridgehead atoms. The zero-order chi connectivity index (χ0) is 13.5. The van der Waals surface area contributed by atoms with Gasteiger partial charge in [0.05, 0.1) is 0 Å². The third-order valence-corrected chi connectivity index (χ3v) is 5.13. The van der Waals surface area contributed by atoms with Crippen LogP contribution in [0.5, 0.6) is 0 Å². The summed E-state index contributed by atoms with van der Waals surface area (Å²) in [7, 11) is 0. The van der Waals surface area contributed by atoms with Gasteiger partial charge in [-0.15, -0.1) is 0 Å². The lowest BCUT2D eigenvalue weighted by atomic mass is 9.82. The summed E-state index contributed by atoms with van der Waals surface area (Å²) >= 11 is 0. The Bertz CT molecular complexity index is 677. The quantitative estimate of drug-likeness (QED) is 0.718. The number of aryl methyl sites for hydroxylation is 2. The van der Waals surface area contributed by atoms with Gasteiger partial charge in [0.15, 0.2) is 5.78 Å². The SMILES string of the molecule is O=C(c1ccc2cccc3c2c1CC3)C1CCCCC1. The summed E-state index contributed by atoms with van der Waals surface area (Å²) in [5.74, 6) is 0.698. The maximum absolute atomic E-state index is 12.8. The molecule has 2 aromatic carbocycles. The maximum Gasteiger partial charge on any atom is 0.166 e. The Morgan fingerprint density at radius 1 is 0.950 bits per heavy atom. The van der Waals surface area contributed by atoms with Gasteiger partial charge in [0, 0.05) is 11.5 Å². The van der Waals surface area contributed by atoms with E-state index in [2.05, 4.69) is 30.3 Å². The molecule has 0 N–H and O–H groups in total. The summed E-state index contributed by atoms with van der Waals surface area (Å²) in [6.07, 6.45) is 8.09. The van der Waals surface area contributed by atoms with Crippen LogP contribution in [0.2, 0.25) is 0 Å². The summed E-state index contributed by atoms with van der Waals surface area (Å²) < 4.78 is 0. The van der Waals surface area contributed by atoms with Crippen molar-refractivity contribution in [1.29, 1.82) is 0 Å². The van der Waals surface area contributed by atoms with Gasteiger partial charge >= 0.3 is 0 Å². The lowest BCUT2D eigenvalue weighted by molar-refractivity contribution is 0.0889. The van der Waals surface area contributed by atoms with Crippen molar-refractivity contribution in [2.45, 2.75) is 44.9 Å². The zero-order valence-electron chi connectivity index (χ0n) is 11.8. The number of ketones is 1. The van der Waals surface area contributed by atoms with E-state index in [1.165, 1.54) is 41.2 Å². The highest BCUT2D eigenvalue weighted by atomic mass is 16.1. The number of rotatable bonds is 2. The van der Waals surface area contributed by atoms with E-state index < -0.39 is 0 Å². The zero-order valence-corrected chi connectivity index (χ0v) is 11.8. The maximum atomic E-state index is 12.8. The van der Waals surface area contributed by atoms with Crippen LogP contribution in [0.3, 0.4) is 0 Å². The van der Waals surface area contributed by atoms with E-state index in [9.17, 15) is 4.79 Å². The average Bonchev–Trinajstić information content (AvgIpc) is 2.94. The molecule has 1 saturated carbocycles. The fourth-order valence-electron chi connectivity index (χ4n) is 4.08. The van der Waals surface area contributed by atoms with Crippen molar-refractivity contribution < 1.29 is 4.79 Å². The summed E-state index contributed by atoms with van der Waals surface area (Å²) in [5.41, 5.74) is 3.78. The summed E-state index contributed by atoms with van der Waals surface area (Å²) in [6, 6.07) is 10.7. The molecule has 102 valence electrons. The Labute approximate surface area is 120 Å². The van der Waals surface area contributed by atoms with Crippen LogP contribution < -0.4 is 0 Å². The van der Waals surface area contributed by atoms with Crippen LogP contribution in [0.4, 0.5) is 0 Å². The second kappa shape index (κ2) is 4.73. The number of carbonyl (C=O) groups is 1. The predicted molar refractivity (Wildman–Crippen MR) is 82.3 cm³/mol. The van der Waals surface area contributed by atoms with Gasteiger partial charge in [-0.05, 0) is 47.6 Å². The summed E-state index contributed by atoms with van der Waals surface area (Å²) in [4.78, 5) is 12.8. The molecule has 0 aliphatic heterocycles. The monoisotopic (exact) mass is 264 g/mol. The van der Waals surface area contributed by atoms with E-state index in [4.69, 9.17) is 0 Å². The first-order valence-electron chi connectivity index (χ1n) is 7.92. The molecule has 0 radical (unpaired) electrons. The molecule has 1 nitrogen and oxygen atoms in total. The topological polar surface area (TPSA) is 17.1 Å². The van der Waals surface area contributed by atoms with Crippen LogP contribution in [-0.2, 0) is 12.8 Å². The highest BCUT2D eigenvalue weighted by Crippen LogP contribution is 2.35. The average molecular weight is 264 g/mol. The second-order valence-electron chi connectivity index (χ2n) is 6.31. The van der Waals surface area contributed by atoms with E-state index >= 15 is 0 Å². The van der Waals surface area contributed by atoms with Crippen molar-refractivity contribution in [2.24, 2.45) is 5.92 Å². The number of hydrogen-bond acceptors (Lipinski definition) is 1. The van der Waals surface area contributed by atoms with Gasteiger partial charge in [-0.1, -0.05) is 49.6 Å². The first-order chi connectivity index (χ1) is 9.84. The van der Waals surface area contributed by atoms with E-state index in [0.29, 0.717) is 5.78 Å². The minimum atomic E-state index is 0.283. The standard InChI is InChI=1S/C19H20O/c20-19(15-5-2-1-3-6-15)17-12-10-14-8-4-7-13-9-11-16(17)18(13)14/h4,7-8,10,12,15H,1-3,5-6,9,11H2. The first kappa shape index (κ1) is 12.1. The molecule has 0 saturated heterocycles. The molecule has 0 unspecified atom stereocenters. The molecule has 0 amide bonds. The molecule has 1 fully saturated rings. The van der Waals surface area contributed by atoms with E-state index in [-0.39, 0.29) is 5.92 Å². The van der Waals surface area contributed by atoms with Crippen molar-refractivity contribution >= 4 is 16.6 Å². The molecule has 2 aliphatic rings. The Hall–Kier alpha value is -1.63. The van der Waals surface area contributed by atoms with Gasteiger partial charge in [-0.2, -0.15) is 0 Å². The number of Topliss-reactive ketones (excluding diaryl/α,β-unsaturated/α-hetero) is 1. The number of benzene rings is 2. The highest BCUT2D eigenvalue weighted by Gasteiger charge is 2.26. The van der Waals surface area contributed by atoms with Gasteiger partial charge in [0.2, 0.25) is 0 Å². The predicted octanol–water partition coefficient (Wildman–Crippen LogP) is 4.70. The Morgan fingerprint density at radius 2 is 1.80 bits per heavy atom. The number of hydrogen-bond donors (Lipinski definition) is 0. The van der Waals surface area contributed by atoms with Gasteiger partial charge in [-0.25, -0.2) is 0 Å². The van der Waals surface area contributed by atoms with Crippen molar-refractivity contribution in [3.8, 4) is 0 Å². The van der Waals surface area contributed by atoms with Crippen molar-refractivity contribution in [2.75, 3.05) is 0 Å². The molecule has 0 heterocycles. The molecular formula is C19H20O. The molecule has 4 rings (SSSR count). The third-order valence-electron chi connectivity index (χ3n) is 5.13. The normalized spacial score (nSPS) is 18.6. The van der Waals surface area contributed by atoms with Gasteiger partial charge in [0.1, 0.15) is 0 Å². The summed E-state index contributed by atoms with van der Waals surface area (Å²) in [5, 5.41) is 2.67. The van der Waals surface area contributed by atoms with Crippen molar-refractivity contribution in [3.63, 3.8) is 0 Å². The van der Waals surface area contributed by atoms with E-state index in [1.807, 2.05) is 0 Å². The minimum absolute atomic E-state index is 0.283. The largest absolute Gasteiger partial charge is 0.294 e. The van der Waals surface area contributed by atoms with Crippen LogP contribution in [0.1, 0.15) is 53.6 Å². The Kier molecular flexibility index (Phi) is 2.87. The first-order valence-corrected chi connectivity index (χ1v) is 7.92. The fourth-order valence-corrected chi connectivity index (χ4v) is 4.08. The van der Waals surface area contributed by atoms with E-state index in [1.54, 1.807) is 0 Å². The van der Waals surface area contributed by atoms with Crippen LogP contribution in [0.15, 0.2) is 30.3 Å². The Balaban J connectivity index is 1.80. The molecule has 2 aliphatic carbocycles. The highest BCUT2D eigenvalue weighted by molar-refractivity contribution is 6.05. The van der Waals surface area contributed by atoms with Crippen molar-refractivity contribution in [1.82, 2.24) is 0 Å². The molecular weight excluding hydrogens is 244 g/mol. The second-order valence-corrected chi connectivity index (χ2v) is 6.31. The van der Waals surface area contributed by atoms with Gasteiger partial charge in [0.25, 0.3) is 0 Å². The van der Waals surface area contributed by atoms with Gasteiger partial charge < -0.3 is 0 Å². The number of carbonyl (C=O) groups excluding carboxylic acids is 1. The van der Waals surface area contributed by atoms with Gasteiger partial charge in [-0.3, -0.25) is 4.79 Å². The summed E-state index contributed by atoms with van der Waals surface area (Å²) in [6.45, 7) is 0. The molecule has 0 atom stereocenters. The minimum Gasteiger partial charge on any atom is -0.294 e. The lowest BCUT2D eigenvalue weighted by Gasteiger charge is -2.21. The Morgan fingerprint density at radius 3 is 2.65 bits per heavy atom. The fraction of sp³-hybridized carbons (Fsp3) is 0.421.